The molecule has 1 amide bonds. The molecule has 146 valence electrons. The van der Waals surface area contributed by atoms with E-state index >= 15 is 0 Å². The van der Waals surface area contributed by atoms with Crippen molar-refractivity contribution in [3.05, 3.63) is 52.2 Å². The lowest BCUT2D eigenvalue weighted by Gasteiger charge is -2.33. The molecule has 1 aliphatic heterocycles. The van der Waals surface area contributed by atoms with Crippen molar-refractivity contribution in [2.75, 3.05) is 26.2 Å². The van der Waals surface area contributed by atoms with Gasteiger partial charge >= 0.3 is 0 Å². The summed E-state index contributed by atoms with van der Waals surface area (Å²) in [7, 11) is 0. The number of aromatic nitrogens is 3. The molecule has 3 aromatic rings. The van der Waals surface area contributed by atoms with Crippen LogP contribution in [0.4, 0.5) is 0 Å². The summed E-state index contributed by atoms with van der Waals surface area (Å²) in [6, 6.07) is 9.57. The van der Waals surface area contributed by atoms with Crippen LogP contribution in [0.25, 0.3) is 11.5 Å². The fraction of sp³-hybridized carbons (Fsp3) is 0.368. The highest BCUT2D eigenvalue weighted by atomic mass is 32.1. The average Bonchev–Trinajstić information content (AvgIpc) is 3.28. The predicted octanol–water partition coefficient (Wildman–Crippen LogP) is 2.89. The zero-order valence-electron chi connectivity index (χ0n) is 15.8. The number of hydrogen-bond acceptors (Lipinski definition) is 7. The summed E-state index contributed by atoms with van der Waals surface area (Å²) < 4.78 is 12.5. The van der Waals surface area contributed by atoms with Gasteiger partial charge in [0.15, 0.2) is 0 Å². The van der Waals surface area contributed by atoms with Crippen molar-refractivity contribution in [1.82, 2.24) is 24.7 Å². The van der Waals surface area contributed by atoms with E-state index in [1.807, 2.05) is 31.2 Å². The van der Waals surface area contributed by atoms with E-state index in [0.29, 0.717) is 49.3 Å². The molecule has 0 atom stereocenters. The Morgan fingerprint density at radius 2 is 1.93 bits per heavy atom. The molecule has 0 unspecified atom stereocenters. The third kappa shape index (κ3) is 3.76. The Labute approximate surface area is 167 Å². The maximum Gasteiger partial charge on any atom is 0.292 e. The summed E-state index contributed by atoms with van der Waals surface area (Å²) in [5.41, 5.74) is 2.72. The number of carbonyl (C=O) groups excluding carboxylic acids is 1. The molecule has 0 spiro atoms. The molecule has 1 saturated heterocycles. The number of hydrogen-bond donors (Lipinski definition) is 0. The predicted molar refractivity (Wildman–Crippen MR) is 104 cm³/mol. The van der Waals surface area contributed by atoms with Crippen LogP contribution in [0.5, 0.6) is 0 Å². The van der Waals surface area contributed by atoms with E-state index in [9.17, 15) is 4.79 Å². The SMILES string of the molecule is Cc1cc(C(=O)N2CCN(Cn3nc(-c4ccccc4C)oc3=S)CC2)on1. The Morgan fingerprint density at radius 3 is 2.61 bits per heavy atom. The fourth-order valence-corrected chi connectivity index (χ4v) is 3.40. The van der Waals surface area contributed by atoms with Crippen LogP contribution in [0.15, 0.2) is 39.3 Å². The number of carbonyl (C=O) groups is 1. The summed E-state index contributed by atoms with van der Waals surface area (Å²) in [5, 5.41) is 8.32. The van der Waals surface area contributed by atoms with Gasteiger partial charge in [0.05, 0.1) is 12.4 Å². The quantitative estimate of drug-likeness (QED) is 0.624. The van der Waals surface area contributed by atoms with E-state index in [0.717, 1.165) is 11.1 Å². The fourth-order valence-electron chi connectivity index (χ4n) is 3.22. The minimum Gasteiger partial charge on any atom is -0.409 e. The molecule has 3 heterocycles. The molecule has 1 aromatic carbocycles. The second kappa shape index (κ2) is 7.69. The smallest absolute Gasteiger partial charge is 0.292 e. The largest absolute Gasteiger partial charge is 0.409 e. The zero-order valence-corrected chi connectivity index (χ0v) is 16.6. The van der Waals surface area contributed by atoms with Gasteiger partial charge in [0.25, 0.3) is 10.7 Å². The molecule has 8 nitrogen and oxygen atoms in total. The van der Waals surface area contributed by atoms with Gasteiger partial charge in [-0.25, -0.2) is 4.68 Å². The Bertz CT molecular complexity index is 1050. The number of nitrogens with zero attached hydrogens (tertiary/aromatic N) is 5. The van der Waals surface area contributed by atoms with Crippen LogP contribution in [0.3, 0.4) is 0 Å². The third-order valence-electron chi connectivity index (χ3n) is 4.81. The Morgan fingerprint density at radius 1 is 1.18 bits per heavy atom. The molecular weight excluding hydrogens is 378 g/mol. The molecule has 0 saturated carbocycles. The van der Waals surface area contributed by atoms with E-state index in [4.69, 9.17) is 21.2 Å². The van der Waals surface area contributed by atoms with Crippen molar-refractivity contribution in [1.29, 1.82) is 0 Å². The lowest BCUT2D eigenvalue weighted by Crippen LogP contribution is -2.49. The highest BCUT2D eigenvalue weighted by molar-refractivity contribution is 7.71. The van der Waals surface area contributed by atoms with Crippen molar-refractivity contribution >= 4 is 18.1 Å². The number of aryl methyl sites for hydroxylation is 2. The standard InChI is InChI=1S/C19H21N5O3S/c1-13-5-3-4-6-15(13)17-20-24(19(28)26-17)12-22-7-9-23(10-8-22)18(25)16-11-14(2)21-27-16/h3-6,11H,7-10,12H2,1-2H3. The summed E-state index contributed by atoms with van der Waals surface area (Å²) in [6.45, 7) is 6.98. The van der Waals surface area contributed by atoms with Crippen molar-refractivity contribution in [3.63, 3.8) is 0 Å². The number of piperazine rings is 1. The minimum absolute atomic E-state index is 0.125. The van der Waals surface area contributed by atoms with E-state index in [-0.39, 0.29) is 11.7 Å². The molecule has 1 aliphatic rings. The monoisotopic (exact) mass is 399 g/mol. The van der Waals surface area contributed by atoms with E-state index in [2.05, 4.69) is 15.2 Å². The topological polar surface area (TPSA) is 80.5 Å². The highest BCUT2D eigenvalue weighted by Crippen LogP contribution is 2.22. The third-order valence-corrected chi connectivity index (χ3v) is 5.11. The van der Waals surface area contributed by atoms with Crippen molar-refractivity contribution in [2.24, 2.45) is 0 Å². The van der Waals surface area contributed by atoms with Gasteiger partial charge in [0, 0.05) is 37.8 Å². The Balaban J connectivity index is 1.40. The van der Waals surface area contributed by atoms with Gasteiger partial charge in [-0.15, -0.1) is 5.10 Å². The highest BCUT2D eigenvalue weighted by Gasteiger charge is 2.25. The number of benzene rings is 1. The van der Waals surface area contributed by atoms with Crippen LogP contribution in [0, 0.1) is 18.7 Å². The lowest BCUT2D eigenvalue weighted by molar-refractivity contribution is 0.0546. The van der Waals surface area contributed by atoms with E-state index in [1.54, 1.807) is 22.6 Å². The summed E-state index contributed by atoms with van der Waals surface area (Å²) >= 11 is 5.34. The first-order chi connectivity index (χ1) is 13.5. The maximum atomic E-state index is 12.4. The lowest BCUT2D eigenvalue weighted by atomic mass is 10.1. The van der Waals surface area contributed by atoms with Gasteiger partial charge in [-0.3, -0.25) is 9.69 Å². The van der Waals surface area contributed by atoms with Crippen molar-refractivity contribution in [2.45, 2.75) is 20.5 Å². The van der Waals surface area contributed by atoms with Crippen LogP contribution in [-0.2, 0) is 6.67 Å². The van der Waals surface area contributed by atoms with E-state index < -0.39 is 0 Å². The summed E-state index contributed by atoms with van der Waals surface area (Å²) in [4.78, 5) is 16.8. The van der Waals surface area contributed by atoms with Crippen LogP contribution >= 0.6 is 12.2 Å². The molecule has 0 N–H and O–H groups in total. The molecule has 9 heteroatoms. The Hall–Kier alpha value is -2.78. The van der Waals surface area contributed by atoms with Crippen LogP contribution < -0.4 is 0 Å². The summed E-state index contributed by atoms with van der Waals surface area (Å²) in [6.07, 6.45) is 0. The molecule has 0 bridgehead atoms. The van der Waals surface area contributed by atoms with Gasteiger partial charge < -0.3 is 13.8 Å². The first-order valence-electron chi connectivity index (χ1n) is 9.10. The van der Waals surface area contributed by atoms with Crippen LogP contribution in [0.2, 0.25) is 0 Å². The molecule has 2 aromatic heterocycles. The normalized spacial score (nSPS) is 15.1. The first kappa shape index (κ1) is 18.6. The van der Waals surface area contributed by atoms with Gasteiger partial charge in [-0.05, 0) is 37.7 Å². The second-order valence-electron chi connectivity index (χ2n) is 6.87. The molecule has 0 radical (unpaired) electrons. The molecule has 4 rings (SSSR count). The van der Waals surface area contributed by atoms with E-state index in [1.165, 1.54) is 0 Å². The molecule has 1 fully saturated rings. The minimum atomic E-state index is -0.125. The molecule has 0 aliphatic carbocycles. The maximum absolute atomic E-state index is 12.4. The van der Waals surface area contributed by atoms with Gasteiger partial charge in [0.2, 0.25) is 11.7 Å². The number of amides is 1. The first-order valence-corrected chi connectivity index (χ1v) is 9.51. The van der Waals surface area contributed by atoms with Gasteiger partial charge in [-0.2, -0.15) is 0 Å². The molecule has 28 heavy (non-hydrogen) atoms. The number of rotatable bonds is 4. The van der Waals surface area contributed by atoms with Crippen molar-refractivity contribution in [3.8, 4) is 11.5 Å². The average molecular weight is 399 g/mol. The van der Waals surface area contributed by atoms with Gasteiger partial charge in [0.1, 0.15) is 0 Å². The van der Waals surface area contributed by atoms with Gasteiger partial charge in [-0.1, -0.05) is 23.4 Å². The van der Waals surface area contributed by atoms with Crippen LogP contribution in [0.1, 0.15) is 21.8 Å². The Kier molecular flexibility index (Phi) is 5.10. The molecular formula is C19H21N5O3S. The second-order valence-corrected chi connectivity index (χ2v) is 7.22. The summed E-state index contributed by atoms with van der Waals surface area (Å²) in [5.74, 6) is 0.685. The zero-order chi connectivity index (χ0) is 19.7. The van der Waals surface area contributed by atoms with Crippen LogP contribution in [-0.4, -0.2) is 56.8 Å². The van der Waals surface area contributed by atoms with Crippen molar-refractivity contribution < 1.29 is 13.7 Å².